The van der Waals surface area contributed by atoms with Crippen LogP contribution in [0.4, 0.5) is 15.0 Å². The molecule has 0 aliphatic carbocycles. The van der Waals surface area contributed by atoms with Gasteiger partial charge in [0.25, 0.3) is 0 Å². The summed E-state index contributed by atoms with van der Waals surface area (Å²) in [6.07, 6.45) is -1.21. The van der Waals surface area contributed by atoms with Crippen molar-refractivity contribution in [1.29, 1.82) is 0 Å². The topological polar surface area (TPSA) is 126 Å². The van der Waals surface area contributed by atoms with Crippen molar-refractivity contribution in [2.45, 2.75) is 39.2 Å². The standard InChI is InChI=1S/C18H24FN3O5/c1-4-27-11(3)12-7-14(20)21-13(15(12)19)9-18(16(23)24)5-6-22(17(25)26)10(2)8-18/h7,10H,3-6,8-9H2,1-2H3,(H2,20,21)(H,23,24)(H,25,26). The number of nitrogens with zero attached hydrogens (tertiary/aromatic N) is 2. The summed E-state index contributed by atoms with van der Waals surface area (Å²) in [4.78, 5) is 28.5. The molecule has 1 saturated heterocycles. The Bertz CT molecular complexity index is 770. The van der Waals surface area contributed by atoms with Crippen LogP contribution in [0.3, 0.4) is 0 Å². The Balaban J connectivity index is 2.39. The van der Waals surface area contributed by atoms with Crippen LogP contribution in [-0.4, -0.2) is 51.4 Å². The number of nitrogen functional groups attached to an aromatic ring is 1. The smallest absolute Gasteiger partial charge is 0.407 e. The number of hydrogen-bond acceptors (Lipinski definition) is 5. The Labute approximate surface area is 156 Å². The van der Waals surface area contributed by atoms with Crippen molar-refractivity contribution >= 4 is 23.6 Å². The number of pyridine rings is 1. The molecule has 1 fully saturated rings. The fraction of sp³-hybridized carbons (Fsp3) is 0.500. The van der Waals surface area contributed by atoms with E-state index in [1.165, 1.54) is 11.0 Å². The first-order valence-electron chi connectivity index (χ1n) is 8.61. The average molecular weight is 381 g/mol. The van der Waals surface area contributed by atoms with Crippen LogP contribution in [0.5, 0.6) is 0 Å². The molecule has 2 atom stereocenters. The molecule has 1 aromatic rings. The summed E-state index contributed by atoms with van der Waals surface area (Å²) in [5.74, 6) is -1.73. The van der Waals surface area contributed by atoms with Crippen molar-refractivity contribution in [3.63, 3.8) is 0 Å². The highest BCUT2D eigenvalue weighted by Gasteiger charge is 2.46. The maximum Gasteiger partial charge on any atom is 0.407 e. The molecule has 0 aromatic carbocycles. The van der Waals surface area contributed by atoms with Gasteiger partial charge in [0.1, 0.15) is 11.6 Å². The average Bonchev–Trinajstić information content (AvgIpc) is 2.57. The van der Waals surface area contributed by atoms with Crippen LogP contribution in [0.2, 0.25) is 0 Å². The van der Waals surface area contributed by atoms with Gasteiger partial charge in [-0.25, -0.2) is 14.2 Å². The summed E-state index contributed by atoms with van der Waals surface area (Å²) in [5.41, 5.74) is 4.38. The van der Waals surface area contributed by atoms with Crippen LogP contribution in [0, 0.1) is 11.2 Å². The third-order valence-electron chi connectivity index (χ3n) is 4.92. The van der Waals surface area contributed by atoms with Crippen molar-refractivity contribution in [2.75, 3.05) is 18.9 Å². The molecule has 2 heterocycles. The molecule has 0 bridgehead atoms. The number of carbonyl (C=O) groups is 2. The normalized spacial score (nSPS) is 22.3. The van der Waals surface area contributed by atoms with E-state index in [1.807, 2.05) is 0 Å². The number of ether oxygens (including phenoxy) is 1. The zero-order chi connectivity index (χ0) is 20.4. The van der Waals surface area contributed by atoms with E-state index in [1.54, 1.807) is 13.8 Å². The molecule has 0 radical (unpaired) electrons. The maximum absolute atomic E-state index is 15.0. The summed E-state index contributed by atoms with van der Waals surface area (Å²) >= 11 is 0. The summed E-state index contributed by atoms with van der Waals surface area (Å²) in [6.45, 7) is 7.36. The fourth-order valence-corrected chi connectivity index (χ4v) is 3.54. The van der Waals surface area contributed by atoms with E-state index in [9.17, 15) is 24.2 Å². The van der Waals surface area contributed by atoms with Gasteiger partial charge in [-0.2, -0.15) is 0 Å². The predicted molar refractivity (Wildman–Crippen MR) is 96.5 cm³/mol. The number of rotatable bonds is 6. The minimum absolute atomic E-state index is 0.0267. The van der Waals surface area contributed by atoms with Crippen LogP contribution in [0.25, 0.3) is 5.76 Å². The first-order valence-corrected chi connectivity index (χ1v) is 8.61. The van der Waals surface area contributed by atoms with Gasteiger partial charge in [0.05, 0.1) is 23.3 Å². The summed E-state index contributed by atoms with van der Waals surface area (Å²) in [7, 11) is 0. The number of carboxylic acid groups (broad SMARTS) is 2. The number of carboxylic acids is 1. The largest absolute Gasteiger partial charge is 0.494 e. The van der Waals surface area contributed by atoms with E-state index in [0.29, 0.717) is 0 Å². The van der Waals surface area contributed by atoms with Crippen LogP contribution >= 0.6 is 0 Å². The first-order chi connectivity index (χ1) is 12.6. The summed E-state index contributed by atoms with van der Waals surface area (Å²) in [6, 6.07) is 0.772. The third kappa shape index (κ3) is 4.12. The zero-order valence-corrected chi connectivity index (χ0v) is 15.4. The molecule has 4 N–H and O–H groups in total. The lowest BCUT2D eigenvalue weighted by Crippen LogP contribution is -2.51. The molecule has 2 unspecified atom stereocenters. The van der Waals surface area contributed by atoms with Gasteiger partial charge < -0.3 is 25.6 Å². The second-order valence-corrected chi connectivity index (χ2v) is 6.75. The Hall–Kier alpha value is -2.84. The van der Waals surface area contributed by atoms with Crippen molar-refractivity contribution in [3.8, 4) is 0 Å². The molecule has 9 heteroatoms. The molecule has 8 nitrogen and oxygen atoms in total. The number of anilines is 1. The number of hydrogen-bond donors (Lipinski definition) is 3. The number of piperidine rings is 1. The second-order valence-electron chi connectivity index (χ2n) is 6.75. The van der Waals surface area contributed by atoms with Crippen LogP contribution in [0.1, 0.15) is 37.9 Å². The molecule has 27 heavy (non-hydrogen) atoms. The maximum atomic E-state index is 15.0. The highest BCUT2D eigenvalue weighted by atomic mass is 19.1. The van der Waals surface area contributed by atoms with E-state index in [0.717, 1.165) is 0 Å². The van der Waals surface area contributed by atoms with Crippen LogP contribution in [0.15, 0.2) is 12.6 Å². The molecule has 1 aliphatic rings. The van der Waals surface area contributed by atoms with Crippen molar-refractivity contribution in [1.82, 2.24) is 9.88 Å². The lowest BCUT2D eigenvalue weighted by molar-refractivity contribution is -0.153. The SMILES string of the molecule is C=C(OCC)c1cc(N)nc(CC2(C(=O)O)CCN(C(=O)O)C(C)C2)c1F. The van der Waals surface area contributed by atoms with Gasteiger partial charge in [-0.1, -0.05) is 6.58 Å². The molecule has 2 rings (SSSR count). The van der Waals surface area contributed by atoms with Gasteiger partial charge in [0.2, 0.25) is 0 Å². The zero-order valence-electron chi connectivity index (χ0n) is 15.4. The van der Waals surface area contributed by atoms with Gasteiger partial charge in [0, 0.05) is 19.0 Å². The van der Waals surface area contributed by atoms with E-state index < -0.39 is 29.3 Å². The minimum atomic E-state index is -1.34. The van der Waals surface area contributed by atoms with Gasteiger partial charge in [-0.05, 0) is 32.8 Å². The van der Waals surface area contributed by atoms with Gasteiger partial charge >= 0.3 is 12.1 Å². The molecule has 0 spiro atoms. The van der Waals surface area contributed by atoms with E-state index >= 15 is 0 Å². The molecule has 1 aliphatic heterocycles. The Kier molecular flexibility index (Phi) is 5.92. The van der Waals surface area contributed by atoms with Gasteiger partial charge in [0.15, 0.2) is 5.82 Å². The highest BCUT2D eigenvalue weighted by Crippen LogP contribution is 2.39. The number of aliphatic carboxylic acids is 1. The van der Waals surface area contributed by atoms with Crippen LogP contribution in [-0.2, 0) is 16.0 Å². The lowest BCUT2D eigenvalue weighted by atomic mass is 9.72. The Morgan fingerprint density at radius 3 is 2.70 bits per heavy atom. The van der Waals surface area contributed by atoms with Gasteiger partial charge in [-0.3, -0.25) is 4.79 Å². The minimum Gasteiger partial charge on any atom is -0.494 e. The monoisotopic (exact) mass is 381 g/mol. The van der Waals surface area contributed by atoms with E-state index in [2.05, 4.69) is 11.6 Å². The molecule has 1 amide bonds. The number of amides is 1. The van der Waals surface area contributed by atoms with Gasteiger partial charge in [-0.15, -0.1) is 0 Å². The first kappa shape index (κ1) is 20.5. The van der Waals surface area contributed by atoms with Crippen molar-refractivity contribution < 1.29 is 28.9 Å². The fourth-order valence-electron chi connectivity index (χ4n) is 3.54. The molecule has 148 valence electrons. The number of nitrogens with two attached hydrogens (primary N) is 1. The Morgan fingerprint density at radius 2 is 2.19 bits per heavy atom. The quantitative estimate of drug-likeness (QED) is 0.647. The Morgan fingerprint density at radius 1 is 1.52 bits per heavy atom. The second kappa shape index (κ2) is 7.81. The van der Waals surface area contributed by atoms with Crippen molar-refractivity contribution in [2.24, 2.45) is 5.41 Å². The lowest BCUT2D eigenvalue weighted by Gasteiger charge is -2.42. The molecular weight excluding hydrogens is 357 g/mol. The summed E-state index contributed by atoms with van der Waals surface area (Å²) in [5, 5.41) is 19.0. The predicted octanol–water partition coefficient (Wildman–Crippen LogP) is 2.59. The number of likely N-dealkylation sites (tertiary alicyclic amines) is 1. The number of halogens is 1. The van der Waals surface area contributed by atoms with E-state index in [-0.39, 0.29) is 55.2 Å². The summed E-state index contributed by atoms with van der Waals surface area (Å²) < 4.78 is 20.2. The number of aromatic nitrogens is 1. The molecule has 0 saturated carbocycles. The molecule has 1 aromatic heterocycles. The third-order valence-corrected chi connectivity index (χ3v) is 4.92. The highest BCUT2D eigenvalue weighted by molar-refractivity contribution is 5.76. The van der Waals surface area contributed by atoms with E-state index in [4.69, 9.17) is 10.5 Å². The molecular formula is C18H24FN3O5. The van der Waals surface area contributed by atoms with Crippen molar-refractivity contribution in [3.05, 3.63) is 29.7 Å². The van der Waals surface area contributed by atoms with Crippen LogP contribution < -0.4 is 5.73 Å².